The third-order valence-electron chi connectivity index (χ3n) is 5.46. The summed E-state index contributed by atoms with van der Waals surface area (Å²) in [5, 5.41) is 2.55. The highest BCUT2D eigenvalue weighted by atomic mass is 16.6. The first-order valence-corrected chi connectivity index (χ1v) is 12.0. The number of pyridine rings is 1. The summed E-state index contributed by atoms with van der Waals surface area (Å²) >= 11 is 0. The Balaban J connectivity index is 1.95. The van der Waals surface area contributed by atoms with E-state index >= 15 is 0 Å². The Labute approximate surface area is 212 Å². The van der Waals surface area contributed by atoms with Crippen molar-refractivity contribution in [3.05, 3.63) is 53.9 Å². The molecule has 0 saturated heterocycles. The van der Waals surface area contributed by atoms with E-state index in [-0.39, 0.29) is 29.2 Å². The Morgan fingerprint density at radius 2 is 1.72 bits per heavy atom. The summed E-state index contributed by atoms with van der Waals surface area (Å²) in [5.74, 6) is -1.92. The molecule has 0 bridgehead atoms. The molecule has 9 heteroatoms. The zero-order valence-electron chi connectivity index (χ0n) is 21.8. The Bertz CT molecular complexity index is 1010. The van der Waals surface area contributed by atoms with E-state index in [2.05, 4.69) is 22.4 Å². The number of esters is 2. The summed E-state index contributed by atoms with van der Waals surface area (Å²) in [4.78, 5) is 41.1. The van der Waals surface area contributed by atoms with E-state index in [1.54, 1.807) is 0 Å². The van der Waals surface area contributed by atoms with Crippen LogP contribution in [-0.4, -0.2) is 54.8 Å². The molecule has 0 aliphatic carbocycles. The molecule has 0 spiro atoms. The molecule has 0 radical (unpaired) electrons. The highest BCUT2D eigenvalue weighted by molar-refractivity contribution is 5.98. The first kappa shape index (κ1) is 28.8. The molecule has 1 aromatic heterocycles. The van der Waals surface area contributed by atoms with E-state index in [0.29, 0.717) is 6.61 Å². The lowest BCUT2D eigenvalue weighted by molar-refractivity contribution is -0.162. The van der Waals surface area contributed by atoms with Crippen molar-refractivity contribution < 1.29 is 33.3 Å². The molecule has 0 saturated carbocycles. The number of ether oxygens (including phenoxy) is 4. The standard InChI is InChI=1S/C27H36N2O7/c1-17(2)24(19(4)34-16-10-13-21-11-8-7-9-12-21)36-27(32)18(3)29-26(31)23-25(35-20(5)30)22(33-6)14-15-28-23/h7-9,11-12,14-15,17-19,24H,10,13,16H2,1-6H3,(H,29,31)/t18-,19-,24+/m0/s1. The molecule has 1 amide bonds. The Hall–Kier alpha value is -3.46. The van der Waals surface area contributed by atoms with Gasteiger partial charge in [0.2, 0.25) is 5.75 Å². The van der Waals surface area contributed by atoms with Crippen LogP contribution in [0, 0.1) is 5.92 Å². The molecule has 1 N–H and O–H groups in total. The van der Waals surface area contributed by atoms with E-state index in [1.807, 2.05) is 39.0 Å². The second-order valence-corrected chi connectivity index (χ2v) is 8.79. The second-order valence-electron chi connectivity index (χ2n) is 8.79. The average Bonchev–Trinajstić information content (AvgIpc) is 2.84. The number of hydrogen-bond donors (Lipinski definition) is 1. The molecule has 0 fully saturated rings. The van der Waals surface area contributed by atoms with Crippen LogP contribution in [0.4, 0.5) is 0 Å². The molecule has 0 unspecified atom stereocenters. The summed E-state index contributed by atoms with van der Waals surface area (Å²) in [6.45, 7) is 8.99. The van der Waals surface area contributed by atoms with Gasteiger partial charge in [0.1, 0.15) is 12.1 Å². The second kappa shape index (κ2) is 14.2. The van der Waals surface area contributed by atoms with Crippen LogP contribution in [0.2, 0.25) is 0 Å². The van der Waals surface area contributed by atoms with Crippen LogP contribution in [0.25, 0.3) is 0 Å². The monoisotopic (exact) mass is 500 g/mol. The van der Waals surface area contributed by atoms with Gasteiger partial charge in [-0.05, 0) is 38.2 Å². The van der Waals surface area contributed by atoms with E-state index in [0.717, 1.165) is 12.8 Å². The topological polar surface area (TPSA) is 113 Å². The molecule has 1 aromatic carbocycles. The fourth-order valence-corrected chi connectivity index (χ4v) is 3.61. The number of nitrogens with zero attached hydrogens (tertiary/aromatic N) is 1. The molecule has 0 aliphatic rings. The molecule has 2 rings (SSSR count). The van der Waals surface area contributed by atoms with Gasteiger partial charge in [-0.25, -0.2) is 9.78 Å². The molecule has 1 heterocycles. The van der Waals surface area contributed by atoms with Gasteiger partial charge in [0.05, 0.1) is 13.2 Å². The van der Waals surface area contributed by atoms with E-state index in [4.69, 9.17) is 18.9 Å². The molecule has 196 valence electrons. The van der Waals surface area contributed by atoms with Gasteiger partial charge in [0, 0.05) is 25.8 Å². The number of methoxy groups -OCH3 is 1. The predicted octanol–water partition coefficient (Wildman–Crippen LogP) is 3.74. The highest BCUT2D eigenvalue weighted by Gasteiger charge is 2.30. The number of aryl methyl sites for hydroxylation is 1. The molecule has 0 aliphatic heterocycles. The van der Waals surface area contributed by atoms with Crippen molar-refractivity contribution in [2.75, 3.05) is 13.7 Å². The first-order chi connectivity index (χ1) is 17.1. The third kappa shape index (κ3) is 8.64. The maximum absolute atomic E-state index is 12.8. The van der Waals surface area contributed by atoms with Crippen molar-refractivity contribution in [1.82, 2.24) is 10.3 Å². The smallest absolute Gasteiger partial charge is 0.328 e. The van der Waals surface area contributed by atoms with Crippen LogP contribution >= 0.6 is 0 Å². The average molecular weight is 501 g/mol. The maximum Gasteiger partial charge on any atom is 0.328 e. The van der Waals surface area contributed by atoms with Crippen LogP contribution in [0.3, 0.4) is 0 Å². The van der Waals surface area contributed by atoms with Crippen molar-refractivity contribution in [2.24, 2.45) is 5.92 Å². The zero-order chi connectivity index (χ0) is 26.7. The van der Waals surface area contributed by atoms with Gasteiger partial charge in [-0.2, -0.15) is 0 Å². The van der Waals surface area contributed by atoms with Crippen LogP contribution in [-0.2, 0) is 25.5 Å². The quantitative estimate of drug-likeness (QED) is 0.327. The van der Waals surface area contributed by atoms with Crippen LogP contribution < -0.4 is 14.8 Å². The van der Waals surface area contributed by atoms with Crippen LogP contribution in [0.1, 0.15) is 57.1 Å². The van der Waals surface area contributed by atoms with Gasteiger partial charge in [-0.3, -0.25) is 9.59 Å². The largest absolute Gasteiger partial charge is 0.493 e. The van der Waals surface area contributed by atoms with Crippen molar-refractivity contribution in [3.8, 4) is 11.5 Å². The number of carbonyl (C=O) groups is 3. The third-order valence-corrected chi connectivity index (χ3v) is 5.46. The number of carbonyl (C=O) groups excluding carboxylic acids is 3. The lowest BCUT2D eigenvalue weighted by Gasteiger charge is -2.28. The van der Waals surface area contributed by atoms with Crippen molar-refractivity contribution >= 4 is 17.8 Å². The van der Waals surface area contributed by atoms with Gasteiger partial charge >= 0.3 is 11.9 Å². The van der Waals surface area contributed by atoms with E-state index in [9.17, 15) is 14.4 Å². The summed E-state index contributed by atoms with van der Waals surface area (Å²) < 4.78 is 21.9. The lowest BCUT2D eigenvalue weighted by atomic mass is 10.0. The number of hydrogen-bond acceptors (Lipinski definition) is 8. The van der Waals surface area contributed by atoms with Gasteiger partial charge in [-0.15, -0.1) is 0 Å². The van der Waals surface area contributed by atoms with Crippen molar-refractivity contribution in [2.45, 2.75) is 65.7 Å². The SMILES string of the molecule is COc1ccnc(C(=O)N[C@@H](C)C(=O)O[C@H](C(C)C)[C@H](C)OCCCc2ccccc2)c1OC(C)=O. The Morgan fingerprint density at radius 3 is 2.33 bits per heavy atom. The number of amides is 1. The number of aromatic nitrogens is 1. The maximum atomic E-state index is 12.8. The van der Waals surface area contributed by atoms with Crippen molar-refractivity contribution in [1.29, 1.82) is 0 Å². The van der Waals surface area contributed by atoms with Gasteiger partial charge in [-0.1, -0.05) is 44.2 Å². The predicted molar refractivity (Wildman–Crippen MR) is 134 cm³/mol. The minimum atomic E-state index is -0.984. The Kier molecular flexibility index (Phi) is 11.3. The summed E-state index contributed by atoms with van der Waals surface area (Å²) in [7, 11) is 1.38. The lowest BCUT2D eigenvalue weighted by Crippen LogP contribution is -2.44. The summed E-state index contributed by atoms with van der Waals surface area (Å²) in [6.07, 6.45) is 2.26. The molecule has 36 heavy (non-hydrogen) atoms. The summed E-state index contributed by atoms with van der Waals surface area (Å²) in [6, 6.07) is 10.6. The number of rotatable bonds is 13. The normalized spacial score (nSPS) is 13.4. The van der Waals surface area contributed by atoms with Crippen LogP contribution in [0.15, 0.2) is 42.6 Å². The van der Waals surface area contributed by atoms with E-state index in [1.165, 1.54) is 38.8 Å². The molecule has 9 nitrogen and oxygen atoms in total. The van der Waals surface area contributed by atoms with Gasteiger partial charge in [0.15, 0.2) is 11.4 Å². The zero-order valence-corrected chi connectivity index (χ0v) is 21.8. The molecular weight excluding hydrogens is 464 g/mol. The molecule has 2 aromatic rings. The van der Waals surface area contributed by atoms with E-state index < -0.39 is 30.0 Å². The highest BCUT2D eigenvalue weighted by Crippen LogP contribution is 2.29. The fraction of sp³-hybridized carbons (Fsp3) is 0.481. The first-order valence-electron chi connectivity index (χ1n) is 12.0. The minimum absolute atomic E-state index is 0.00315. The van der Waals surface area contributed by atoms with Gasteiger partial charge in [0.25, 0.3) is 5.91 Å². The molecule has 3 atom stereocenters. The summed E-state index contributed by atoms with van der Waals surface area (Å²) in [5.41, 5.74) is 1.06. The number of benzene rings is 1. The fourth-order valence-electron chi connectivity index (χ4n) is 3.61. The Morgan fingerprint density at radius 1 is 1.03 bits per heavy atom. The van der Waals surface area contributed by atoms with Crippen molar-refractivity contribution in [3.63, 3.8) is 0 Å². The molecular formula is C27H36N2O7. The minimum Gasteiger partial charge on any atom is -0.493 e. The van der Waals surface area contributed by atoms with Crippen LogP contribution in [0.5, 0.6) is 11.5 Å². The van der Waals surface area contributed by atoms with Gasteiger partial charge < -0.3 is 24.3 Å². The number of nitrogens with one attached hydrogen (secondary N) is 1.